The van der Waals surface area contributed by atoms with Gasteiger partial charge in [0.05, 0.1) is 0 Å². The van der Waals surface area contributed by atoms with Gasteiger partial charge in [0.15, 0.2) is 0 Å². The summed E-state index contributed by atoms with van der Waals surface area (Å²) >= 11 is 0. The minimum absolute atomic E-state index is 0.180. The summed E-state index contributed by atoms with van der Waals surface area (Å²) in [7, 11) is 0. The van der Waals surface area contributed by atoms with E-state index in [4.69, 9.17) is 4.74 Å². The van der Waals surface area contributed by atoms with Crippen LogP contribution in [0.4, 0.5) is 14.9 Å². The molecule has 132 valence electrons. The first kappa shape index (κ1) is 17.1. The summed E-state index contributed by atoms with van der Waals surface area (Å²) in [6.45, 7) is 7.48. The molecule has 2 heterocycles. The van der Waals surface area contributed by atoms with Crippen molar-refractivity contribution in [1.29, 1.82) is 0 Å². The van der Waals surface area contributed by atoms with Gasteiger partial charge in [-0.2, -0.15) is 0 Å². The molecule has 0 saturated carbocycles. The topological polar surface area (TPSA) is 41.6 Å². The zero-order valence-corrected chi connectivity index (χ0v) is 14.9. The Morgan fingerprint density at radius 2 is 1.88 bits per heavy atom. The summed E-state index contributed by atoms with van der Waals surface area (Å²) < 4.78 is 19.0. The smallest absolute Gasteiger partial charge is 0.410 e. The maximum atomic E-state index is 13.4. The molecule has 1 N–H and O–H groups in total. The van der Waals surface area contributed by atoms with Gasteiger partial charge in [-0.1, -0.05) is 0 Å². The van der Waals surface area contributed by atoms with Gasteiger partial charge in [-0.15, -0.1) is 0 Å². The lowest BCUT2D eigenvalue weighted by Crippen LogP contribution is -2.51. The number of rotatable bonds is 2. The quantitative estimate of drug-likeness (QED) is 0.867. The lowest BCUT2D eigenvalue weighted by Gasteiger charge is -2.40. The molecule has 2 atom stereocenters. The molecule has 5 heteroatoms. The molecule has 0 aliphatic carbocycles. The number of hydrogen-bond acceptors (Lipinski definition) is 3. The molecular formula is C19H27FN2O2. The molecule has 3 rings (SSSR count). The van der Waals surface area contributed by atoms with Crippen molar-refractivity contribution in [2.75, 3.05) is 5.32 Å². The van der Waals surface area contributed by atoms with E-state index in [0.29, 0.717) is 11.6 Å². The van der Waals surface area contributed by atoms with Crippen molar-refractivity contribution < 1.29 is 13.9 Å². The predicted molar refractivity (Wildman–Crippen MR) is 92.7 cm³/mol. The summed E-state index contributed by atoms with van der Waals surface area (Å²) in [5.41, 5.74) is 1.13. The van der Waals surface area contributed by atoms with Crippen molar-refractivity contribution in [3.63, 3.8) is 0 Å². The number of benzene rings is 1. The number of halogens is 1. The molecule has 2 aliphatic heterocycles. The van der Waals surface area contributed by atoms with Crippen LogP contribution in [0.1, 0.15) is 52.0 Å². The molecule has 1 aromatic rings. The number of amides is 1. The fraction of sp³-hybridized carbons (Fsp3) is 0.632. The number of aryl methyl sites for hydroxylation is 1. The number of carbonyl (C=O) groups is 1. The van der Waals surface area contributed by atoms with Gasteiger partial charge in [0.1, 0.15) is 11.4 Å². The number of fused-ring (bicyclic) bond motifs is 2. The summed E-state index contributed by atoms with van der Waals surface area (Å²) in [4.78, 5) is 14.4. The van der Waals surface area contributed by atoms with Crippen LogP contribution in [0.2, 0.25) is 0 Å². The van der Waals surface area contributed by atoms with Crippen LogP contribution in [0, 0.1) is 12.7 Å². The third-order valence-electron chi connectivity index (χ3n) is 4.87. The average molecular weight is 334 g/mol. The first-order valence-corrected chi connectivity index (χ1v) is 8.77. The monoisotopic (exact) mass is 334 g/mol. The fourth-order valence-corrected chi connectivity index (χ4v) is 3.88. The highest BCUT2D eigenvalue weighted by molar-refractivity contribution is 5.69. The van der Waals surface area contributed by atoms with Crippen LogP contribution in [0.5, 0.6) is 0 Å². The van der Waals surface area contributed by atoms with Gasteiger partial charge in [-0.25, -0.2) is 9.18 Å². The third-order valence-corrected chi connectivity index (χ3v) is 4.87. The molecule has 24 heavy (non-hydrogen) atoms. The summed E-state index contributed by atoms with van der Waals surface area (Å²) in [5.74, 6) is -0.180. The van der Waals surface area contributed by atoms with Gasteiger partial charge in [0.2, 0.25) is 0 Å². The lowest BCUT2D eigenvalue weighted by atomic mass is 9.97. The molecule has 2 bridgehead atoms. The van der Waals surface area contributed by atoms with Crippen molar-refractivity contribution in [3.05, 3.63) is 29.6 Å². The average Bonchev–Trinajstić information content (AvgIpc) is 2.73. The van der Waals surface area contributed by atoms with E-state index in [2.05, 4.69) is 5.32 Å². The molecule has 0 radical (unpaired) electrons. The number of anilines is 1. The highest BCUT2D eigenvalue weighted by Gasteiger charge is 2.44. The molecule has 1 amide bonds. The van der Waals surface area contributed by atoms with Gasteiger partial charge < -0.3 is 15.0 Å². The second-order valence-electron chi connectivity index (χ2n) is 8.05. The van der Waals surface area contributed by atoms with Crippen molar-refractivity contribution in [2.45, 2.75) is 77.1 Å². The van der Waals surface area contributed by atoms with E-state index in [1.54, 1.807) is 13.0 Å². The Kier molecular flexibility index (Phi) is 4.45. The number of nitrogens with zero attached hydrogens (tertiary/aromatic N) is 1. The molecular weight excluding hydrogens is 307 g/mol. The number of carbonyl (C=O) groups excluding carboxylic acids is 1. The third kappa shape index (κ3) is 3.65. The predicted octanol–water partition coefficient (Wildman–Crippen LogP) is 4.48. The van der Waals surface area contributed by atoms with E-state index >= 15 is 0 Å². The highest BCUT2D eigenvalue weighted by atomic mass is 19.1. The second kappa shape index (κ2) is 6.26. The first-order chi connectivity index (χ1) is 11.2. The lowest BCUT2D eigenvalue weighted by molar-refractivity contribution is 0.00684. The van der Waals surface area contributed by atoms with Crippen molar-refractivity contribution in [3.8, 4) is 0 Å². The van der Waals surface area contributed by atoms with Gasteiger partial charge >= 0.3 is 6.09 Å². The molecule has 2 saturated heterocycles. The van der Waals surface area contributed by atoms with E-state index in [1.807, 2.05) is 31.7 Å². The maximum Gasteiger partial charge on any atom is 0.410 e. The maximum absolute atomic E-state index is 13.4. The second-order valence-corrected chi connectivity index (χ2v) is 8.05. The van der Waals surface area contributed by atoms with Crippen LogP contribution in [0.25, 0.3) is 0 Å². The first-order valence-electron chi connectivity index (χ1n) is 8.77. The molecule has 0 spiro atoms. The Balaban J connectivity index is 1.64. The normalized spacial score (nSPS) is 26.4. The Morgan fingerprint density at radius 1 is 1.25 bits per heavy atom. The van der Waals surface area contributed by atoms with Gasteiger partial charge in [0, 0.05) is 23.8 Å². The summed E-state index contributed by atoms with van der Waals surface area (Å²) in [6, 6.07) is 5.91. The fourth-order valence-electron chi connectivity index (χ4n) is 3.88. The van der Waals surface area contributed by atoms with E-state index in [1.165, 1.54) is 6.07 Å². The van der Waals surface area contributed by atoms with Crippen LogP contribution in [-0.4, -0.2) is 34.7 Å². The van der Waals surface area contributed by atoms with E-state index in [9.17, 15) is 9.18 Å². The van der Waals surface area contributed by atoms with Gasteiger partial charge in [0.25, 0.3) is 0 Å². The Morgan fingerprint density at radius 3 is 2.42 bits per heavy atom. The Hall–Kier alpha value is -1.78. The van der Waals surface area contributed by atoms with E-state index in [-0.39, 0.29) is 24.0 Å². The number of ether oxygens (including phenoxy) is 1. The summed E-state index contributed by atoms with van der Waals surface area (Å²) in [6.07, 6.45) is 3.69. The van der Waals surface area contributed by atoms with Crippen molar-refractivity contribution in [1.82, 2.24) is 4.90 Å². The summed E-state index contributed by atoms with van der Waals surface area (Å²) in [5, 5.41) is 3.51. The Labute approximate surface area is 143 Å². The van der Waals surface area contributed by atoms with Gasteiger partial charge in [-0.3, -0.25) is 0 Å². The number of nitrogens with one attached hydrogen (secondary N) is 1. The number of hydrogen-bond donors (Lipinski definition) is 1. The van der Waals surface area contributed by atoms with Gasteiger partial charge in [-0.05, 0) is 77.1 Å². The Bertz CT molecular complexity index is 612. The van der Waals surface area contributed by atoms with Crippen LogP contribution in [0.3, 0.4) is 0 Å². The SMILES string of the molecule is Cc1cc(NC2CC3CCC(C2)N3C(=O)OC(C)(C)C)ccc1F. The molecule has 0 aromatic heterocycles. The molecule has 2 aliphatic rings. The largest absolute Gasteiger partial charge is 0.444 e. The van der Waals surface area contributed by atoms with Crippen LogP contribution in [-0.2, 0) is 4.74 Å². The molecule has 2 fully saturated rings. The number of piperidine rings is 1. The van der Waals surface area contributed by atoms with Crippen molar-refractivity contribution in [2.24, 2.45) is 0 Å². The molecule has 2 unspecified atom stereocenters. The standard InChI is InChI=1S/C19H27FN2O2/c1-12-9-13(5-8-17(12)20)21-14-10-15-6-7-16(11-14)22(15)18(23)24-19(2,3)4/h5,8-9,14-16,21H,6-7,10-11H2,1-4H3. The minimum atomic E-state index is -0.461. The van der Waals surface area contributed by atoms with Crippen LogP contribution >= 0.6 is 0 Å². The van der Waals surface area contributed by atoms with Crippen molar-refractivity contribution >= 4 is 11.8 Å². The zero-order valence-electron chi connectivity index (χ0n) is 14.9. The van der Waals surface area contributed by atoms with Crippen LogP contribution in [0.15, 0.2) is 18.2 Å². The van der Waals surface area contributed by atoms with E-state index < -0.39 is 5.60 Å². The van der Waals surface area contributed by atoms with Crippen LogP contribution < -0.4 is 5.32 Å². The highest BCUT2D eigenvalue weighted by Crippen LogP contribution is 2.37. The van der Waals surface area contributed by atoms with E-state index in [0.717, 1.165) is 31.4 Å². The molecule has 1 aromatic carbocycles. The zero-order chi connectivity index (χ0) is 17.5. The minimum Gasteiger partial charge on any atom is -0.444 e. The molecule has 4 nitrogen and oxygen atoms in total.